The van der Waals surface area contributed by atoms with Gasteiger partial charge in [-0.05, 0) is 18.3 Å². The van der Waals surface area contributed by atoms with Crippen molar-refractivity contribution in [3.05, 3.63) is 69.7 Å². The summed E-state index contributed by atoms with van der Waals surface area (Å²) < 4.78 is 48.4. The molecule has 0 bridgehead atoms. The highest BCUT2D eigenvalue weighted by Gasteiger charge is 2.43. The minimum absolute atomic E-state index is 0.136. The quantitative estimate of drug-likeness (QED) is 0.231. The number of nitro groups is 1. The molecule has 1 unspecified atom stereocenters. The standard InChI is InChI=1S/C21H22F3N5O5.C4H4O4/c1-21(12-28-10-18(29(32)33)25-19(28)34-21)11-27-6-5-26(20(30)31)9-14(27)3-2-4-15-16(23)7-13(22)8-17(15)24;5-3(6)1-2-4(7)8/h2,4,7-8,10,14H,3,5-6,9,11-12H2,1H3,(H,30,31);1-2H,(H,5,6)(H,7,8)/b;2-1-/t14?,21-;/m0./s1. The number of aromatic nitrogens is 2. The number of aliphatic carboxylic acids is 2. The van der Waals surface area contributed by atoms with E-state index in [-0.39, 0.29) is 42.9 Å². The topological polar surface area (TPSA) is 189 Å². The third kappa shape index (κ3) is 8.29. The number of halogens is 3. The number of benzene rings is 1. The van der Waals surface area contributed by atoms with Gasteiger partial charge < -0.3 is 35.1 Å². The Hall–Kier alpha value is -4.93. The molecule has 17 heteroatoms. The lowest BCUT2D eigenvalue weighted by molar-refractivity contribution is -0.389. The van der Waals surface area contributed by atoms with Crippen molar-refractivity contribution in [2.75, 3.05) is 26.2 Å². The van der Waals surface area contributed by atoms with E-state index in [1.165, 1.54) is 23.2 Å². The Kier molecular flexibility index (Phi) is 9.90. The van der Waals surface area contributed by atoms with E-state index in [2.05, 4.69) is 4.98 Å². The number of carbonyl (C=O) groups is 3. The van der Waals surface area contributed by atoms with Crippen molar-refractivity contribution in [3.8, 4) is 6.01 Å². The third-order valence-electron chi connectivity index (χ3n) is 6.27. The first kappa shape index (κ1) is 31.6. The molecule has 4 rings (SSSR count). The molecule has 3 heterocycles. The number of carboxylic acid groups (broad SMARTS) is 3. The maximum absolute atomic E-state index is 13.9. The van der Waals surface area contributed by atoms with Gasteiger partial charge in [0.1, 0.15) is 29.2 Å². The van der Waals surface area contributed by atoms with Crippen molar-refractivity contribution in [2.45, 2.75) is 31.5 Å². The van der Waals surface area contributed by atoms with Gasteiger partial charge in [-0.1, -0.05) is 12.2 Å². The predicted octanol–water partition coefficient (Wildman–Crippen LogP) is 2.84. The minimum Gasteiger partial charge on any atom is -0.478 e. The summed E-state index contributed by atoms with van der Waals surface area (Å²) in [6, 6.07) is 0.995. The van der Waals surface area contributed by atoms with Crippen LogP contribution in [0.5, 0.6) is 6.01 Å². The van der Waals surface area contributed by atoms with E-state index < -0.39 is 46.0 Å². The second-order valence-corrected chi connectivity index (χ2v) is 9.60. The van der Waals surface area contributed by atoms with Gasteiger partial charge in [-0.2, -0.15) is 0 Å². The van der Waals surface area contributed by atoms with Gasteiger partial charge in [0.15, 0.2) is 0 Å². The Morgan fingerprint density at radius 2 is 1.76 bits per heavy atom. The van der Waals surface area contributed by atoms with Gasteiger partial charge in [-0.3, -0.25) is 9.47 Å². The maximum Gasteiger partial charge on any atom is 0.415 e. The van der Waals surface area contributed by atoms with Crippen molar-refractivity contribution >= 4 is 29.9 Å². The molecule has 1 aromatic carbocycles. The van der Waals surface area contributed by atoms with Crippen LogP contribution in [-0.2, 0) is 16.1 Å². The Bertz CT molecular complexity index is 1370. The Morgan fingerprint density at radius 1 is 1.14 bits per heavy atom. The Labute approximate surface area is 235 Å². The molecule has 2 atom stereocenters. The average molecular weight is 598 g/mol. The lowest BCUT2D eigenvalue weighted by atomic mass is 10.0. The minimum atomic E-state index is -1.26. The average Bonchev–Trinajstić information content (AvgIpc) is 3.40. The largest absolute Gasteiger partial charge is 0.478 e. The van der Waals surface area contributed by atoms with E-state index in [1.54, 1.807) is 4.57 Å². The summed E-state index contributed by atoms with van der Waals surface area (Å²) in [5, 5.41) is 35.9. The van der Waals surface area contributed by atoms with Gasteiger partial charge in [0.25, 0.3) is 0 Å². The zero-order chi connectivity index (χ0) is 31.2. The molecule has 42 heavy (non-hydrogen) atoms. The number of carboxylic acids is 2. The molecular weight excluding hydrogens is 571 g/mol. The highest BCUT2D eigenvalue weighted by molar-refractivity contribution is 5.89. The molecule has 1 aromatic heterocycles. The number of nitrogens with zero attached hydrogens (tertiary/aromatic N) is 5. The van der Waals surface area contributed by atoms with Crippen molar-refractivity contribution in [3.63, 3.8) is 0 Å². The van der Waals surface area contributed by atoms with Crippen LogP contribution in [0.2, 0.25) is 0 Å². The van der Waals surface area contributed by atoms with Crippen LogP contribution in [0.4, 0.5) is 23.8 Å². The monoisotopic (exact) mass is 597 g/mol. The van der Waals surface area contributed by atoms with E-state index in [0.29, 0.717) is 43.9 Å². The van der Waals surface area contributed by atoms with Gasteiger partial charge in [-0.15, -0.1) is 0 Å². The number of rotatable bonds is 8. The van der Waals surface area contributed by atoms with Crippen LogP contribution in [0.3, 0.4) is 0 Å². The van der Waals surface area contributed by atoms with E-state index in [9.17, 15) is 42.8 Å². The number of ether oxygens (including phenoxy) is 1. The predicted molar refractivity (Wildman–Crippen MR) is 137 cm³/mol. The summed E-state index contributed by atoms with van der Waals surface area (Å²) in [4.78, 5) is 48.1. The molecule has 3 N–H and O–H groups in total. The lowest BCUT2D eigenvalue weighted by Crippen LogP contribution is -2.58. The molecule has 2 aliphatic rings. The van der Waals surface area contributed by atoms with E-state index in [4.69, 9.17) is 14.9 Å². The van der Waals surface area contributed by atoms with Gasteiger partial charge in [0.05, 0.1) is 6.54 Å². The number of fused-ring (bicyclic) bond motifs is 1. The first-order valence-electron chi connectivity index (χ1n) is 12.2. The second kappa shape index (κ2) is 13.2. The van der Waals surface area contributed by atoms with E-state index in [1.807, 2.05) is 11.8 Å². The first-order valence-corrected chi connectivity index (χ1v) is 12.2. The number of hydrogen-bond acceptors (Lipinski definition) is 8. The summed E-state index contributed by atoms with van der Waals surface area (Å²) in [7, 11) is 0. The number of imidazole rings is 1. The van der Waals surface area contributed by atoms with Gasteiger partial charge in [0.2, 0.25) is 0 Å². The van der Waals surface area contributed by atoms with Gasteiger partial charge in [0, 0.05) is 67.1 Å². The second-order valence-electron chi connectivity index (χ2n) is 9.60. The van der Waals surface area contributed by atoms with Crippen LogP contribution < -0.4 is 4.74 Å². The van der Waals surface area contributed by atoms with Crippen LogP contribution in [0.15, 0.2) is 36.6 Å². The normalized spacial score (nSPS) is 20.2. The summed E-state index contributed by atoms with van der Waals surface area (Å²) >= 11 is 0. The highest BCUT2D eigenvalue weighted by Crippen LogP contribution is 2.32. The summed E-state index contributed by atoms with van der Waals surface area (Å²) in [6.45, 7) is 3.34. The number of hydrogen-bond donors (Lipinski definition) is 3. The van der Waals surface area contributed by atoms with Crippen molar-refractivity contribution in [1.29, 1.82) is 0 Å². The maximum atomic E-state index is 13.9. The van der Waals surface area contributed by atoms with E-state index >= 15 is 0 Å². The molecule has 1 amide bonds. The summed E-state index contributed by atoms with van der Waals surface area (Å²) in [5.74, 6) is -5.90. The zero-order valence-electron chi connectivity index (χ0n) is 22.0. The smallest absolute Gasteiger partial charge is 0.415 e. The van der Waals surface area contributed by atoms with Crippen LogP contribution in [0, 0.1) is 27.6 Å². The fourth-order valence-electron chi connectivity index (χ4n) is 4.49. The van der Waals surface area contributed by atoms with Gasteiger partial charge in [-0.25, -0.2) is 27.6 Å². The van der Waals surface area contributed by atoms with Gasteiger partial charge >= 0.3 is 29.9 Å². The van der Waals surface area contributed by atoms with Crippen LogP contribution in [0.1, 0.15) is 18.9 Å². The SMILES string of the molecule is C[C@]1(CN2CCN(C(=O)O)CC2CC=Cc2c(F)cc(F)cc2F)Cn2cc([N+](=O)[O-])nc2O1.O=C(O)/C=C\C(=O)O. The molecule has 226 valence electrons. The number of piperazine rings is 1. The molecule has 1 fully saturated rings. The zero-order valence-corrected chi connectivity index (χ0v) is 22.0. The summed E-state index contributed by atoms with van der Waals surface area (Å²) in [5.41, 5.74) is -1.14. The highest BCUT2D eigenvalue weighted by atomic mass is 19.1. The molecule has 2 aliphatic heterocycles. The van der Waals surface area contributed by atoms with E-state index in [0.717, 1.165) is 0 Å². The van der Waals surface area contributed by atoms with Crippen molar-refractivity contribution in [2.24, 2.45) is 0 Å². The fourth-order valence-corrected chi connectivity index (χ4v) is 4.49. The Morgan fingerprint density at radius 3 is 2.29 bits per heavy atom. The fraction of sp³-hybridized carbons (Fsp3) is 0.360. The molecule has 14 nitrogen and oxygen atoms in total. The Balaban J connectivity index is 0.000000531. The third-order valence-corrected chi connectivity index (χ3v) is 6.27. The molecular formula is C25H26F3N5O9. The molecule has 2 aromatic rings. The molecule has 0 aliphatic carbocycles. The summed E-state index contributed by atoms with van der Waals surface area (Å²) in [6.07, 6.45) is 4.35. The van der Waals surface area contributed by atoms with Crippen LogP contribution >= 0.6 is 0 Å². The molecule has 0 radical (unpaired) electrons. The molecule has 0 spiro atoms. The lowest BCUT2D eigenvalue weighted by Gasteiger charge is -2.42. The van der Waals surface area contributed by atoms with Crippen molar-refractivity contribution < 1.29 is 52.5 Å². The van der Waals surface area contributed by atoms with Crippen LogP contribution in [0.25, 0.3) is 6.08 Å². The first-order chi connectivity index (χ1) is 19.7. The molecule has 0 saturated carbocycles. The van der Waals surface area contributed by atoms with Crippen molar-refractivity contribution in [1.82, 2.24) is 19.4 Å². The van der Waals surface area contributed by atoms with Crippen LogP contribution in [-0.4, -0.2) is 95.4 Å². The number of amides is 1. The molecule has 1 saturated heterocycles.